The lowest BCUT2D eigenvalue weighted by molar-refractivity contribution is -0.115. The minimum Gasteiger partial charge on any atom is -0.322 e. The van der Waals surface area contributed by atoms with Gasteiger partial charge in [0.2, 0.25) is 5.91 Å². The van der Waals surface area contributed by atoms with E-state index in [9.17, 15) is 9.18 Å². The maximum atomic E-state index is 13.2. The molecule has 74 valence electrons. The molecule has 0 radical (unpaired) electrons. The Hall–Kier alpha value is -2.40. The highest BCUT2D eigenvalue weighted by atomic mass is 19.1. The van der Waals surface area contributed by atoms with Crippen LogP contribution in [-0.4, -0.2) is 5.91 Å². The highest BCUT2D eigenvalue weighted by Gasteiger charge is 2.10. The quantitative estimate of drug-likeness (QED) is 0.792. The first-order valence-electron chi connectivity index (χ1n) is 4.04. The van der Waals surface area contributed by atoms with Gasteiger partial charge in [-0.25, -0.2) is 4.39 Å². The third-order valence-corrected chi connectivity index (χ3v) is 1.64. The van der Waals surface area contributed by atoms with E-state index in [1.807, 2.05) is 0 Å². The van der Waals surface area contributed by atoms with Crippen LogP contribution in [0.2, 0.25) is 0 Å². The number of nitrogens with zero attached hydrogens (tertiary/aromatic N) is 2. The SMILES string of the molecule is N#CCC(=O)Nc1c(F)cccc1C#N. The van der Waals surface area contributed by atoms with Crippen molar-refractivity contribution in [2.45, 2.75) is 6.42 Å². The molecule has 1 N–H and O–H groups in total. The Morgan fingerprint density at radius 2 is 2.20 bits per heavy atom. The monoisotopic (exact) mass is 203 g/mol. The van der Waals surface area contributed by atoms with Crippen LogP contribution in [-0.2, 0) is 4.79 Å². The molecule has 0 aliphatic heterocycles. The van der Waals surface area contributed by atoms with Crippen LogP contribution in [0.25, 0.3) is 0 Å². The smallest absolute Gasteiger partial charge is 0.238 e. The molecule has 0 heterocycles. The summed E-state index contributed by atoms with van der Waals surface area (Å²) in [6.45, 7) is 0. The zero-order valence-electron chi connectivity index (χ0n) is 7.62. The van der Waals surface area contributed by atoms with Crippen LogP contribution in [0.1, 0.15) is 12.0 Å². The average Bonchev–Trinajstić information content (AvgIpc) is 2.21. The number of rotatable bonds is 2. The van der Waals surface area contributed by atoms with Crippen LogP contribution >= 0.6 is 0 Å². The Kier molecular flexibility index (Phi) is 3.37. The van der Waals surface area contributed by atoms with E-state index in [-0.39, 0.29) is 17.7 Å². The van der Waals surface area contributed by atoms with Crippen LogP contribution in [0.5, 0.6) is 0 Å². The molecule has 4 nitrogen and oxygen atoms in total. The fourth-order valence-corrected chi connectivity index (χ4v) is 1.000. The predicted molar refractivity (Wildman–Crippen MR) is 50.0 cm³/mol. The number of anilines is 1. The number of para-hydroxylation sites is 1. The highest BCUT2D eigenvalue weighted by Crippen LogP contribution is 2.18. The van der Waals surface area contributed by atoms with Crippen molar-refractivity contribution >= 4 is 11.6 Å². The summed E-state index contributed by atoms with van der Waals surface area (Å²) in [6, 6.07) is 7.25. The molecule has 1 rings (SSSR count). The van der Waals surface area contributed by atoms with E-state index in [1.54, 1.807) is 12.1 Å². The van der Waals surface area contributed by atoms with Crippen molar-refractivity contribution in [2.75, 3.05) is 5.32 Å². The van der Waals surface area contributed by atoms with Crippen molar-refractivity contribution < 1.29 is 9.18 Å². The van der Waals surface area contributed by atoms with Crippen LogP contribution in [0, 0.1) is 28.5 Å². The molecular weight excluding hydrogens is 197 g/mol. The predicted octanol–water partition coefficient (Wildman–Crippen LogP) is 1.55. The lowest BCUT2D eigenvalue weighted by Crippen LogP contribution is -2.12. The van der Waals surface area contributed by atoms with Crippen LogP contribution in [0.4, 0.5) is 10.1 Å². The van der Waals surface area contributed by atoms with E-state index >= 15 is 0 Å². The summed E-state index contributed by atoms with van der Waals surface area (Å²) in [6.07, 6.45) is -0.376. The molecule has 0 spiro atoms. The third kappa shape index (κ3) is 2.52. The van der Waals surface area contributed by atoms with Gasteiger partial charge in [0.1, 0.15) is 18.3 Å². The summed E-state index contributed by atoms with van der Waals surface area (Å²) in [7, 11) is 0. The summed E-state index contributed by atoms with van der Waals surface area (Å²) < 4.78 is 13.2. The Labute approximate surface area is 85.6 Å². The summed E-state index contributed by atoms with van der Waals surface area (Å²) in [5.74, 6) is -1.33. The molecule has 5 heteroatoms. The van der Waals surface area contributed by atoms with Gasteiger partial charge in [-0.2, -0.15) is 10.5 Å². The number of nitriles is 2. The van der Waals surface area contributed by atoms with Gasteiger partial charge in [0.25, 0.3) is 0 Å². The van der Waals surface area contributed by atoms with E-state index in [0.29, 0.717) is 0 Å². The molecule has 0 fully saturated rings. The van der Waals surface area contributed by atoms with Gasteiger partial charge in [0.15, 0.2) is 0 Å². The number of hydrogen-bond donors (Lipinski definition) is 1. The maximum absolute atomic E-state index is 13.2. The van der Waals surface area contributed by atoms with Crippen molar-refractivity contribution in [3.05, 3.63) is 29.6 Å². The minimum absolute atomic E-state index is 0.0290. The number of amides is 1. The zero-order valence-corrected chi connectivity index (χ0v) is 7.62. The van der Waals surface area contributed by atoms with Crippen molar-refractivity contribution in [2.24, 2.45) is 0 Å². The lowest BCUT2D eigenvalue weighted by Gasteiger charge is -2.05. The maximum Gasteiger partial charge on any atom is 0.238 e. The van der Waals surface area contributed by atoms with Crippen LogP contribution in [0.3, 0.4) is 0 Å². The second-order valence-electron chi connectivity index (χ2n) is 2.66. The van der Waals surface area contributed by atoms with Crippen molar-refractivity contribution in [3.8, 4) is 12.1 Å². The Morgan fingerprint density at radius 1 is 1.47 bits per heavy atom. The van der Waals surface area contributed by atoms with Gasteiger partial charge in [-0.1, -0.05) is 6.07 Å². The van der Waals surface area contributed by atoms with E-state index in [1.165, 1.54) is 12.1 Å². The highest BCUT2D eigenvalue weighted by molar-refractivity contribution is 5.93. The second-order valence-corrected chi connectivity index (χ2v) is 2.66. The molecule has 0 aliphatic carbocycles. The molecule has 0 bridgehead atoms. The molecule has 0 saturated heterocycles. The first-order valence-corrected chi connectivity index (χ1v) is 4.04. The summed E-state index contributed by atoms with van der Waals surface area (Å²) in [5.41, 5.74) is -0.151. The van der Waals surface area contributed by atoms with E-state index in [0.717, 1.165) is 6.07 Å². The molecule has 0 aliphatic rings. The summed E-state index contributed by atoms with van der Waals surface area (Å²) >= 11 is 0. The van der Waals surface area contributed by atoms with Gasteiger partial charge in [-0.05, 0) is 12.1 Å². The topological polar surface area (TPSA) is 76.7 Å². The molecule has 15 heavy (non-hydrogen) atoms. The lowest BCUT2D eigenvalue weighted by atomic mass is 10.2. The second kappa shape index (κ2) is 4.73. The zero-order chi connectivity index (χ0) is 11.3. The number of nitrogens with one attached hydrogen (secondary N) is 1. The first kappa shape index (κ1) is 10.7. The van der Waals surface area contributed by atoms with Crippen molar-refractivity contribution in [1.29, 1.82) is 10.5 Å². The van der Waals surface area contributed by atoms with E-state index in [2.05, 4.69) is 5.32 Å². The van der Waals surface area contributed by atoms with Gasteiger partial charge >= 0.3 is 0 Å². The molecule has 0 saturated carbocycles. The largest absolute Gasteiger partial charge is 0.322 e. The average molecular weight is 203 g/mol. The molecule has 0 unspecified atom stereocenters. The number of carbonyl (C=O) groups is 1. The van der Waals surface area contributed by atoms with Crippen molar-refractivity contribution in [1.82, 2.24) is 0 Å². The van der Waals surface area contributed by atoms with E-state index < -0.39 is 11.7 Å². The fraction of sp³-hybridized carbons (Fsp3) is 0.100. The molecule has 1 amide bonds. The normalized spacial score (nSPS) is 8.73. The Morgan fingerprint density at radius 3 is 2.80 bits per heavy atom. The number of halogens is 1. The minimum atomic E-state index is -0.694. The summed E-state index contributed by atoms with van der Waals surface area (Å²) in [4.78, 5) is 11.0. The molecule has 1 aromatic rings. The molecule has 0 aromatic heterocycles. The van der Waals surface area contributed by atoms with Crippen LogP contribution in [0.15, 0.2) is 18.2 Å². The molecule has 1 aromatic carbocycles. The first-order chi connectivity index (χ1) is 7.19. The van der Waals surface area contributed by atoms with Gasteiger partial charge in [-0.3, -0.25) is 4.79 Å². The van der Waals surface area contributed by atoms with E-state index in [4.69, 9.17) is 10.5 Å². The third-order valence-electron chi connectivity index (χ3n) is 1.64. The van der Waals surface area contributed by atoms with Crippen LogP contribution < -0.4 is 5.32 Å². The number of benzene rings is 1. The standard InChI is InChI=1S/C10H6FN3O/c11-8-3-1-2-7(6-13)10(8)14-9(15)4-5-12/h1-3H,4H2,(H,14,15). The van der Waals surface area contributed by atoms with Gasteiger partial charge in [0.05, 0.1) is 17.3 Å². The Balaban J connectivity index is 3.00. The Bertz CT molecular complexity index is 471. The van der Waals surface area contributed by atoms with Gasteiger partial charge < -0.3 is 5.32 Å². The fourth-order valence-electron chi connectivity index (χ4n) is 1.000. The van der Waals surface area contributed by atoms with Crippen molar-refractivity contribution in [3.63, 3.8) is 0 Å². The van der Waals surface area contributed by atoms with Gasteiger partial charge in [-0.15, -0.1) is 0 Å². The molecular formula is C10H6FN3O. The summed E-state index contributed by atoms with van der Waals surface area (Å²) in [5, 5.41) is 19.1. The number of carbonyl (C=O) groups excluding carboxylic acids is 1. The number of hydrogen-bond acceptors (Lipinski definition) is 3. The van der Waals surface area contributed by atoms with Gasteiger partial charge in [0, 0.05) is 0 Å². The molecule has 0 atom stereocenters.